The molecule has 1 saturated heterocycles. The summed E-state index contributed by atoms with van der Waals surface area (Å²) < 4.78 is 5.36. The number of aliphatic carboxylic acids is 1. The predicted octanol–water partition coefficient (Wildman–Crippen LogP) is -0.313. The Labute approximate surface area is 106 Å². The zero-order valence-electron chi connectivity index (χ0n) is 10.8. The van der Waals surface area contributed by atoms with E-state index in [0.717, 1.165) is 0 Å². The molecule has 0 aliphatic carbocycles. The summed E-state index contributed by atoms with van der Waals surface area (Å²) >= 11 is 0. The molecule has 0 aromatic heterocycles. The molecule has 0 saturated carbocycles. The maximum Gasteiger partial charge on any atom is 0.328 e. The highest BCUT2D eigenvalue weighted by Gasteiger charge is 2.39. The van der Waals surface area contributed by atoms with Gasteiger partial charge in [-0.2, -0.15) is 0 Å². The number of carbonyl (C=O) groups is 2. The number of urea groups is 1. The van der Waals surface area contributed by atoms with Crippen molar-refractivity contribution in [3.63, 3.8) is 0 Å². The molecule has 1 fully saturated rings. The molecule has 2 amide bonds. The van der Waals surface area contributed by atoms with Gasteiger partial charge in [0.2, 0.25) is 0 Å². The largest absolute Gasteiger partial charge is 0.480 e. The fourth-order valence-corrected chi connectivity index (χ4v) is 1.82. The number of carboxylic acids is 1. The quantitative estimate of drug-likeness (QED) is 0.554. The van der Waals surface area contributed by atoms with Crippen molar-refractivity contribution in [2.24, 2.45) is 0 Å². The molecule has 2 unspecified atom stereocenters. The molecule has 7 heteroatoms. The predicted molar refractivity (Wildman–Crippen MR) is 63.2 cm³/mol. The number of hydrogen-bond donors (Lipinski definition) is 4. The van der Waals surface area contributed by atoms with E-state index in [0.29, 0.717) is 13.0 Å². The van der Waals surface area contributed by atoms with E-state index in [1.807, 2.05) is 13.8 Å². The summed E-state index contributed by atoms with van der Waals surface area (Å²) in [6.45, 7) is 5.54. The molecular formula is C11H20N2O5. The van der Waals surface area contributed by atoms with Gasteiger partial charge in [-0.05, 0) is 27.2 Å². The minimum atomic E-state index is -1.33. The van der Waals surface area contributed by atoms with Crippen LogP contribution in [0.2, 0.25) is 0 Å². The summed E-state index contributed by atoms with van der Waals surface area (Å²) in [5, 5.41) is 23.0. The highest BCUT2D eigenvalue weighted by Crippen LogP contribution is 2.24. The van der Waals surface area contributed by atoms with Crippen LogP contribution in [0.3, 0.4) is 0 Å². The van der Waals surface area contributed by atoms with Gasteiger partial charge in [0.25, 0.3) is 0 Å². The van der Waals surface area contributed by atoms with E-state index in [2.05, 4.69) is 10.6 Å². The van der Waals surface area contributed by atoms with Crippen molar-refractivity contribution in [3.8, 4) is 0 Å². The van der Waals surface area contributed by atoms with E-state index in [1.165, 1.54) is 6.92 Å². The highest BCUT2D eigenvalue weighted by molar-refractivity contribution is 5.83. The third-order valence-electron chi connectivity index (χ3n) is 3.32. The first-order valence-electron chi connectivity index (χ1n) is 5.87. The van der Waals surface area contributed by atoms with Crippen molar-refractivity contribution in [2.75, 3.05) is 6.61 Å². The van der Waals surface area contributed by atoms with Crippen LogP contribution in [0.25, 0.3) is 0 Å². The molecule has 0 bridgehead atoms. The molecule has 0 aromatic rings. The normalized spacial score (nSPS) is 30.6. The number of aliphatic hydroxyl groups excluding tert-OH is 1. The number of nitrogens with one attached hydrogen (secondary N) is 2. The molecule has 0 radical (unpaired) electrons. The fourth-order valence-electron chi connectivity index (χ4n) is 1.82. The smallest absolute Gasteiger partial charge is 0.328 e. The Kier molecular flexibility index (Phi) is 4.53. The second-order valence-corrected chi connectivity index (χ2v) is 4.84. The Morgan fingerprint density at radius 1 is 1.50 bits per heavy atom. The number of carbonyl (C=O) groups excluding carboxylic acids is 1. The van der Waals surface area contributed by atoms with Crippen LogP contribution >= 0.6 is 0 Å². The van der Waals surface area contributed by atoms with Crippen LogP contribution in [0.1, 0.15) is 27.2 Å². The molecule has 104 valence electrons. The van der Waals surface area contributed by atoms with Crippen molar-refractivity contribution in [3.05, 3.63) is 0 Å². The van der Waals surface area contributed by atoms with E-state index in [4.69, 9.17) is 9.84 Å². The highest BCUT2D eigenvalue weighted by atomic mass is 16.5. The first-order chi connectivity index (χ1) is 8.26. The third kappa shape index (κ3) is 3.33. The van der Waals surface area contributed by atoms with Crippen molar-refractivity contribution < 1.29 is 24.5 Å². The SMILES string of the molecule is CC1OCCC1(C)NC(=O)N[C@H](C(=O)O)[C@@H](C)O. The maximum atomic E-state index is 11.7. The standard InChI is InChI=1S/C11H20N2O5/c1-6(14)8(9(15)16)12-10(17)13-11(3)4-5-18-7(11)2/h6-8,14H,4-5H2,1-3H3,(H,15,16)(H2,12,13,17)/t6-,7?,8+,11?/m1/s1. The molecule has 1 aliphatic heterocycles. The van der Waals surface area contributed by atoms with Crippen molar-refractivity contribution in [1.82, 2.24) is 10.6 Å². The molecule has 0 spiro atoms. The van der Waals surface area contributed by atoms with Gasteiger partial charge in [0, 0.05) is 6.61 Å². The van der Waals surface area contributed by atoms with Gasteiger partial charge in [0.1, 0.15) is 0 Å². The monoisotopic (exact) mass is 260 g/mol. The van der Waals surface area contributed by atoms with Gasteiger partial charge >= 0.3 is 12.0 Å². The second-order valence-electron chi connectivity index (χ2n) is 4.84. The van der Waals surface area contributed by atoms with Crippen LogP contribution in [0, 0.1) is 0 Å². The van der Waals surface area contributed by atoms with E-state index >= 15 is 0 Å². The first-order valence-corrected chi connectivity index (χ1v) is 5.87. The fraction of sp³-hybridized carbons (Fsp3) is 0.818. The number of amides is 2. The van der Waals surface area contributed by atoms with Crippen LogP contribution in [0.5, 0.6) is 0 Å². The van der Waals surface area contributed by atoms with Crippen LogP contribution in [-0.4, -0.2) is 52.6 Å². The lowest BCUT2D eigenvalue weighted by Gasteiger charge is -2.30. The number of rotatable bonds is 4. The number of ether oxygens (including phenoxy) is 1. The zero-order valence-corrected chi connectivity index (χ0v) is 10.8. The number of hydrogen-bond acceptors (Lipinski definition) is 4. The summed E-state index contributed by atoms with van der Waals surface area (Å²) in [6.07, 6.45) is -0.648. The van der Waals surface area contributed by atoms with Crippen LogP contribution < -0.4 is 10.6 Å². The lowest BCUT2D eigenvalue weighted by atomic mass is 9.95. The Bertz CT molecular complexity index is 333. The molecule has 18 heavy (non-hydrogen) atoms. The molecule has 1 aliphatic rings. The lowest BCUT2D eigenvalue weighted by molar-refractivity contribution is -0.141. The Hall–Kier alpha value is -1.34. The summed E-state index contributed by atoms with van der Waals surface area (Å²) in [5.74, 6) is -1.28. The Morgan fingerprint density at radius 2 is 2.11 bits per heavy atom. The average molecular weight is 260 g/mol. The average Bonchev–Trinajstić information content (AvgIpc) is 2.54. The van der Waals surface area contributed by atoms with Crippen LogP contribution in [-0.2, 0) is 9.53 Å². The van der Waals surface area contributed by atoms with E-state index in [-0.39, 0.29) is 6.10 Å². The summed E-state index contributed by atoms with van der Waals surface area (Å²) in [4.78, 5) is 22.5. The number of carboxylic acid groups (broad SMARTS) is 1. The minimum absolute atomic E-state index is 0.141. The Morgan fingerprint density at radius 3 is 2.50 bits per heavy atom. The molecule has 4 N–H and O–H groups in total. The van der Waals surface area contributed by atoms with Crippen molar-refractivity contribution >= 4 is 12.0 Å². The molecule has 7 nitrogen and oxygen atoms in total. The number of aliphatic hydroxyl groups is 1. The third-order valence-corrected chi connectivity index (χ3v) is 3.32. The molecule has 0 aromatic carbocycles. The zero-order chi connectivity index (χ0) is 13.9. The van der Waals surface area contributed by atoms with E-state index in [9.17, 15) is 14.7 Å². The molecule has 1 heterocycles. The van der Waals surface area contributed by atoms with Gasteiger partial charge in [-0.15, -0.1) is 0 Å². The molecular weight excluding hydrogens is 240 g/mol. The van der Waals surface area contributed by atoms with Crippen LogP contribution in [0.4, 0.5) is 4.79 Å². The van der Waals surface area contributed by atoms with E-state index in [1.54, 1.807) is 0 Å². The summed E-state index contributed by atoms with van der Waals surface area (Å²) in [5.41, 5.74) is -0.522. The van der Waals surface area contributed by atoms with E-state index < -0.39 is 29.7 Å². The van der Waals surface area contributed by atoms with Crippen LogP contribution in [0.15, 0.2) is 0 Å². The van der Waals surface area contributed by atoms with Crippen molar-refractivity contribution in [1.29, 1.82) is 0 Å². The Balaban J connectivity index is 2.58. The molecule has 4 atom stereocenters. The lowest BCUT2D eigenvalue weighted by Crippen LogP contribution is -2.58. The van der Waals surface area contributed by atoms with Crippen molar-refractivity contribution in [2.45, 2.75) is 51.0 Å². The topological polar surface area (TPSA) is 108 Å². The summed E-state index contributed by atoms with van der Waals surface area (Å²) in [6, 6.07) is -1.95. The molecule has 1 rings (SSSR count). The summed E-state index contributed by atoms with van der Waals surface area (Å²) in [7, 11) is 0. The van der Waals surface area contributed by atoms with Gasteiger partial charge < -0.3 is 25.6 Å². The van der Waals surface area contributed by atoms with Gasteiger partial charge in [-0.3, -0.25) is 0 Å². The van der Waals surface area contributed by atoms with Gasteiger partial charge in [0.15, 0.2) is 6.04 Å². The van der Waals surface area contributed by atoms with Gasteiger partial charge in [-0.25, -0.2) is 9.59 Å². The first kappa shape index (κ1) is 14.7. The minimum Gasteiger partial charge on any atom is -0.480 e. The van der Waals surface area contributed by atoms with Gasteiger partial charge in [-0.1, -0.05) is 0 Å². The second kappa shape index (κ2) is 5.53. The van der Waals surface area contributed by atoms with Gasteiger partial charge in [0.05, 0.1) is 17.7 Å². The maximum absolute atomic E-state index is 11.7.